The Morgan fingerprint density at radius 3 is 2.50 bits per heavy atom. The Bertz CT molecular complexity index is 834. The zero-order valence-electron chi connectivity index (χ0n) is 12.2. The van der Waals surface area contributed by atoms with Gasteiger partial charge in [0.1, 0.15) is 0 Å². The van der Waals surface area contributed by atoms with E-state index in [-0.39, 0.29) is 5.88 Å². The van der Waals surface area contributed by atoms with E-state index >= 15 is 0 Å². The Morgan fingerprint density at radius 2 is 1.77 bits per heavy atom. The quantitative estimate of drug-likeness (QED) is 0.713. The number of para-hydroxylation sites is 1. The SMILES string of the molecule is Cc1ccc(-c2nc(OC(F)F)c3ccccc3n2)c(C)c1. The van der Waals surface area contributed by atoms with Crippen LogP contribution in [-0.2, 0) is 0 Å². The van der Waals surface area contributed by atoms with Crippen LogP contribution in [0, 0.1) is 13.8 Å². The van der Waals surface area contributed by atoms with Crippen molar-refractivity contribution in [3.8, 4) is 17.3 Å². The lowest BCUT2D eigenvalue weighted by Gasteiger charge is -2.11. The van der Waals surface area contributed by atoms with Crippen molar-refractivity contribution < 1.29 is 13.5 Å². The summed E-state index contributed by atoms with van der Waals surface area (Å²) in [4.78, 5) is 8.66. The summed E-state index contributed by atoms with van der Waals surface area (Å²) in [6.07, 6.45) is 0. The van der Waals surface area contributed by atoms with Gasteiger partial charge < -0.3 is 4.74 Å². The molecule has 1 heterocycles. The summed E-state index contributed by atoms with van der Waals surface area (Å²) in [5.41, 5.74) is 3.47. The second kappa shape index (κ2) is 5.67. The molecule has 0 aliphatic carbocycles. The molecule has 22 heavy (non-hydrogen) atoms. The summed E-state index contributed by atoms with van der Waals surface area (Å²) in [7, 11) is 0. The summed E-state index contributed by atoms with van der Waals surface area (Å²) in [6.45, 7) is 1.00. The van der Waals surface area contributed by atoms with E-state index in [4.69, 9.17) is 0 Å². The van der Waals surface area contributed by atoms with Crippen LogP contribution in [0.15, 0.2) is 42.5 Å². The Kier molecular flexibility index (Phi) is 3.71. The molecule has 0 spiro atoms. The predicted octanol–water partition coefficient (Wildman–Crippen LogP) is 4.52. The fraction of sp³-hybridized carbons (Fsp3) is 0.176. The minimum atomic E-state index is -2.93. The zero-order chi connectivity index (χ0) is 15.7. The highest BCUT2D eigenvalue weighted by atomic mass is 19.3. The third-order valence-corrected chi connectivity index (χ3v) is 3.39. The number of fused-ring (bicyclic) bond motifs is 1. The lowest BCUT2D eigenvalue weighted by molar-refractivity contribution is -0.0516. The van der Waals surface area contributed by atoms with Gasteiger partial charge >= 0.3 is 6.61 Å². The molecular formula is C17H14F2N2O. The number of aryl methyl sites for hydroxylation is 2. The molecule has 0 aliphatic rings. The maximum absolute atomic E-state index is 12.6. The van der Waals surface area contributed by atoms with Gasteiger partial charge in [-0.2, -0.15) is 13.8 Å². The summed E-state index contributed by atoms with van der Waals surface area (Å²) < 4.78 is 29.8. The molecule has 1 aromatic heterocycles. The molecular weight excluding hydrogens is 286 g/mol. The number of ether oxygens (including phenoxy) is 1. The second-order valence-corrected chi connectivity index (χ2v) is 5.07. The molecule has 0 radical (unpaired) electrons. The molecule has 3 nitrogen and oxygen atoms in total. The molecule has 2 aromatic carbocycles. The minimum Gasteiger partial charge on any atom is -0.416 e. The number of nitrogens with zero attached hydrogens (tertiary/aromatic N) is 2. The summed E-state index contributed by atoms with van der Waals surface area (Å²) in [6, 6.07) is 12.8. The molecule has 5 heteroatoms. The molecule has 0 N–H and O–H groups in total. The second-order valence-electron chi connectivity index (χ2n) is 5.07. The molecule has 0 amide bonds. The Morgan fingerprint density at radius 1 is 1.00 bits per heavy atom. The molecule has 0 aliphatic heterocycles. The van der Waals surface area contributed by atoms with Crippen LogP contribution in [0.2, 0.25) is 0 Å². The highest BCUT2D eigenvalue weighted by Crippen LogP contribution is 2.29. The van der Waals surface area contributed by atoms with E-state index < -0.39 is 6.61 Å². The Balaban J connectivity index is 2.22. The van der Waals surface area contributed by atoms with Gasteiger partial charge in [0.05, 0.1) is 10.9 Å². The fourth-order valence-electron chi connectivity index (χ4n) is 2.41. The van der Waals surface area contributed by atoms with Crippen LogP contribution in [0.1, 0.15) is 11.1 Å². The van der Waals surface area contributed by atoms with Crippen molar-refractivity contribution in [2.75, 3.05) is 0 Å². The molecule has 112 valence electrons. The number of alkyl halides is 2. The van der Waals surface area contributed by atoms with Gasteiger partial charge in [0.2, 0.25) is 5.88 Å². The summed E-state index contributed by atoms with van der Waals surface area (Å²) >= 11 is 0. The summed E-state index contributed by atoms with van der Waals surface area (Å²) in [5, 5.41) is 0.469. The van der Waals surface area contributed by atoms with E-state index in [2.05, 4.69) is 14.7 Å². The van der Waals surface area contributed by atoms with Gasteiger partial charge in [-0.25, -0.2) is 4.98 Å². The van der Waals surface area contributed by atoms with Crippen LogP contribution in [0.25, 0.3) is 22.3 Å². The minimum absolute atomic E-state index is 0.101. The molecule has 0 atom stereocenters. The molecule has 3 rings (SSSR count). The first kappa shape index (κ1) is 14.4. The normalized spacial score (nSPS) is 11.1. The van der Waals surface area contributed by atoms with Gasteiger partial charge in [-0.1, -0.05) is 35.9 Å². The van der Waals surface area contributed by atoms with Crippen molar-refractivity contribution in [2.45, 2.75) is 20.5 Å². The molecule has 0 unspecified atom stereocenters. The number of rotatable bonds is 3. The summed E-state index contributed by atoms with van der Waals surface area (Å²) in [5.74, 6) is 0.280. The third-order valence-electron chi connectivity index (χ3n) is 3.39. The fourth-order valence-corrected chi connectivity index (χ4v) is 2.41. The lowest BCUT2D eigenvalue weighted by Crippen LogP contribution is -2.06. The topological polar surface area (TPSA) is 35.0 Å². The van der Waals surface area contributed by atoms with Gasteiger partial charge in [0.15, 0.2) is 5.82 Å². The van der Waals surface area contributed by atoms with Crippen LogP contribution in [0.3, 0.4) is 0 Å². The standard InChI is InChI=1S/C17H14F2N2O/c1-10-7-8-12(11(2)9-10)15-20-14-6-4-3-5-13(14)16(21-15)22-17(18)19/h3-9,17H,1-2H3. The van der Waals surface area contributed by atoms with E-state index in [1.165, 1.54) is 0 Å². The highest BCUT2D eigenvalue weighted by Gasteiger charge is 2.15. The van der Waals surface area contributed by atoms with Gasteiger partial charge in [-0.15, -0.1) is 0 Å². The van der Waals surface area contributed by atoms with Gasteiger partial charge in [-0.3, -0.25) is 0 Å². The van der Waals surface area contributed by atoms with Crippen LogP contribution in [-0.4, -0.2) is 16.6 Å². The molecule has 0 bridgehead atoms. The smallest absolute Gasteiger partial charge is 0.388 e. The Labute approximate surface area is 126 Å². The third kappa shape index (κ3) is 2.74. The van der Waals surface area contributed by atoms with Crippen LogP contribution >= 0.6 is 0 Å². The number of hydrogen-bond donors (Lipinski definition) is 0. The Hall–Kier alpha value is -2.56. The lowest BCUT2D eigenvalue weighted by atomic mass is 10.0. The largest absolute Gasteiger partial charge is 0.416 e. The number of hydrogen-bond acceptors (Lipinski definition) is 3. The van der Waals surface area contributed by atoms with Crippen molar-refractivity contribution >= 4 is 10.9 Å². The van der Waals surface area contributed by atoms with Crippen LogP contribution in [0.5, 0.6) is 5.88 Å². The van der Waals surface area contributed by atoms with E-state index in [1.54, 1.807) is 24.3 Å². The van der Waals surface area contributed by atoms with Crippen molar-refractivity contribution in [1.29, 1.82) is 0 Å². The predicted molar refractivity (Wildman–Crippen MR) is 81.1 cm³/mol. The van der Waals surface area contributed by atoms with Gasteiger partial charge in [0, 0.05) is 5.56 Å². The van der Waals surface area contributed by atoms with E-state index in [9.17, 15) is 8.78 Å². The number of aromatic nitrogens is 2. The van der Waals surface area contributed by atoms with Crippen molar-refractivity contribution in [1.82, 2.24) is 9.97 Å². The highest BCUT2D eigenvalue weighted by molar-refractivity contribution is 5.85. The molecule has 0 saturated heterocycles. The molecule has 0 fully saturated rings. The van der Waals surface area contributed by atoms with Crippen molar-refractivity contribution in [3.63, 3.8) is 0 Å². The first-order chi connectivity index (χ1) is 10.5. The number of halogens is 2. The first-order valence-corrected chi connectivity index (χ1v) is 6.84. The maximum atomic E-state index is 12.6. The zero-order valence-corrected chi connectivity index (χ0v) is 12.2. The van der Waals surface area contributed by atoms with Gasteiger partial charge in [0.25, 0.3) is 0 Å². The molecule has 3 aromatic rings. The monoisotopic (exact) mass is 300 g/mol. The van der Waals surface area contributed by atoms with E-state index in [0.717, 1.165) is 16.7 Å². The average molecular weight is 300 g/mol. The van der Waals surface area contributed by atoms with Crippen molar-refractivity contribution in [2.24, 2.45) is 0 Å². The number of benzene rings is 2. The van der Waals surface area contributed by atoms with Crippen LogP contribution in [0.4, 0.5) is 8.78 Å². The average Bonchev–Trinajstić information content (AvgIpc) is 2.46. The van der Waals surface area contributed by atoms with E-state index in [1.807, 2.05) is 32.0 Å². The molecule has 0 saturated carbocycles. The van der Waals surface area contributed by atoms with E-state index in [0.29, 0.717) is 16.7 Å². The maximum Gasteiger partial charge on any atom is 0.388 e. The van der Waals surface area contributed by atoms with Crippen LogP contribution < -0.4 is 4.74 Å². The van der Waals surface area contributed by atoms with Crippen molar-refractivity contribution in [3.05, 3.63) is 53.6 Å². The first-order valence-electron chi connectivity index (χ1n) is 6.84. The van der Waals surface area contributed by atoms with Gasteiger partial charge in [-0.05, 0) is 31.5 Å².